The van der Waals surface area contributed by atoms with E-state index in [-0.39, 0.29) is 5.75 Å². The smallest absolute Gasteiger partial charge is 0.172 e. The third-order valence-corrected chi connectivity index (χ3v) is 3.57. The van der Waals surface area contributed by atoms with Crippen LogP contribution in [-0.4, -0.2) is 28.3 Å². The first kappa shape index (κ1) is 14.9. The third-order valence-electron chi connectivity index (χ3n) is 2.97. The Morgan fingerprint density at radius 2 is 2.30 bits per heavy atom. The molecule has 1 aromatic heterocycles. The molecule has 2 N–H and O–H groups in total. The summed E-state index contributed by atoms with van der Waals surface area (Å²) in [6, 6.07) is 3.73. The number of methoxy groups -OCH3 is 1. The lowest BCUT2D eigenvalue weighted by Gasteiger charge is -2.10. The maximum Gasteiger partial charge on any atom is 0.172 e. The molecule has 5 nitrogen and oxygen atoms in total. The summed E-state index contributed by atoms with van der Waals surface area (Å²) < 4.78 is 7.83. The Bertz CT molecular complexity index is 544. The maximum atomic E-state index is 9.74. The molecule has 1 heterocycles. The van der Waals surface area contributed by atoms with E-state index in [4.69, 9.17) is 4.74 Å². The van der Waals surface area contributed by atoms with Crippen LogP contribution in [0.5, 0.6) is 11.5 Å². The molecule has 0 aliphatic heterocycles. The van der Waals surface area contributed by atoms with Crippen molar-refractivity contribution in [1.29, 1.82) is 0 Å². The molecular formula is C14H18BrN3O2. The van der Waals surface area contributed by atoms with Gasteiger partial charge in [0.15, 0.2) is 11.5 Å². The van der Waals surface area contributed by atoms with Crippen LogP contribution in [0, 0.1) is 0 Å². The number of hydrogen-bond acceptors (Lipinski definition) is 4. The van der Waals surface area contributed by atoms with Crippen molar-refractivity contribution < 1.29 is 9.84 Å². The van der Waals surface area contributed by atoms with Gasteiger partial charge in [0.25, 0.3) is 0 Å². The van der Waals surface area contributed by atoms with Crippen LogP contribution >= 0.6 is 15.9 Å². The molecule has 0 saturated heterocycles. The molecule has 0 fully saturated rings. The Balaban J connectivity index is 1.78. The summed E-state index contributed by atoms with van der Waals surface area (Å²) in [4.78, 5) is 4.01. The van der Waals surface area contributed by atoms with Gasteiger partial charge >= 0.3 is 0 Å². The van der Waals surface area contributed by atoms with Gasteiger partial charge in [-0.2, -0.15) is 0 Å². The van der Waals surface area contributed by atoms with Gasteiger partial charge in [-0.3, -0.25) is 0 Å². The van der Waals surface area contributed by atoms with Gasteiger partial charge in [-0.15, -0.1) is 0 Å². The molecule has 0 aliphatic rings. The van der Waals surface area contributed by atoms with Crippen molar-refractivity contribution in [3.8, 4) is 11.5 Å². The molecule has 0 unspecified atom stereocenters. The quantitative estimate of drug-likeness (QED) is 0.761. The number of phenols is 1. The lowest BCUT2D eigenvalue weighted by molar-refractivity contribution is 0.371. The van der Waals surface area contributed by atoms with E-state index < -0.39 is 0 Å². The zero-order valence-corrected chi connectivity index (χ0v) is 12.9. The lowest BCUT2D eigenvalue weighted by atomic mass is 10.2. The van der Waals surface area contributed by atoms with Crippen LogP contribution in [0.3, 0.4) is 0 Å². The molecule has 2 rings (SSSR count). The minimum atomic E-state index is 0.136. The number of hydrogen-bond donors (Lipinski definition) is 2. The molecule has 6 heteroatoms. The van der Waals surface area contributed by atoms with Crippen LogP contribution < -0.4 is 10.1 Å². The SMILES string of the molecule is COc1cc(CNCCCn2ccnc2)cc(Br)c1O. The van der Waals surface area contributed by atoms with Gasteiger partial charge in [0, 0.05) is 25.5 Å². The summed E-state index contributed by atoms with van der Waals surface area (Å²) in [6.45, 7) is 2.60. The van der Waals surface area contributed by atoms with Crippen molar-refractivity contribution in [2.24, 2.45) is 0 Å². The van der Waals surface area contributed by atoms with Crippen molar-refractivity contribution in [2.75, 3.05) is 13.7 Å². The molecule has 20 heavy (non-hydrogen) atoms. The van der Waals surface area contributed by atoms with Crippen LogP contribution in [0.15, 0.2) is 35.3 Å². The van der Waals surface area contributed by atoms with E-state index in [0.717, 1.165) is 31.6 Å². The van der Waals surface area contributed by atoms with Crippen molar-refractivity contribution in [3.05, 3.63) is 40.9 Å². The Labute approximate surface area is 126 Å². The second-order valence-corrected chi connectivity index (χ2v) is 5.31. The van der Waals surface area contributed by atoms with Crippen LogP contribution in [0.25, 0.3) is 0 Å². The minimum Gasteiger partial charge on any atom is -0.503 e. The van der Waals surface area contributed by atoms with Crippen LogP contribution in [0.1, 0.15) is 12.0 Å². The number of rotatable bonds is 7. The summed E-state index contributed by atoms with van der Waals surface area (Å²) in [7, 11) is 1.55. The van der Waals surface area contributed by atoms with E-state index in [1.807, 2.05) is 24.7 Å². The molecule has 0 radical (unpaired) electrons. The van der Waals surface area contributed by atoms with E-state index in [1.165, 1.54) is 0 Å². The Kier molecular flexibility index (Phi) is 5.43. The van der Waals surface area contributed by atoms with E-state index >= 15 is 0 Å². The predicted octanol–water partition coefficient (Wildman–Crippen LogP) is 2.54. The third kappa shape index (κ3) is 3.98. The Morgan fingerprint density at radius 1 is 1.45 bits per heavy atom. The largest absolute Gasteiger partial charge is 0.503 e. The lowest BCUT2D eigenvalue weighted by Crippen LogP contribution is -2.16. The highest BCUT2D eigenvalue weighted by atomic mass is 79.9. The first-order valence-electron chi connectivity index (χ1n) is 6.42. The first-order valence-corrected chi connectivity index (χ1v) is 7.22. The molecular weight excluding hydrogens is 322 g/mol. The standard InChI is InChI=1S/C14H18BrN3O2/c1-20-13-8-11(7-12(15)14(13)19)9-16-3-2-5-18-6-4-17-10-18/h4,6-8,10,16,19H,2-3,5,9H2,1H3. The Hall–Kier alpha value is -1.53. The highest BCUT2D eigenvalue weighted by Gasteiger charge is 2.08. The summed E-state index contributed by atoms with van der Waals surface area (Å²) in [5.41, 5.74) is 1.06. The number of aromatic nitrogens is 2. The number of benzene rings is 1. The first-order chi connectivity index (χ1) is 9.70. The number of halogens is 1. The summed E-state index contributed by atoms with van der Waals surface area (Å²) in [5, 5.41) is 13.1. The predicted molar refractivity (Wildman–Crippen MR) is 80.9 cm³/mol. The van der Waals surface area contributed by atoms with Crippen LogP contribution in [0.2, 0.25) is 0 Å². The molecule has 0 saturated carbocycles. The fraction of sp³-hybridized carbons (Fsp3) is 0.357. The average Bonchev–Trinajstić information content (AvgIpc) is 2.95. The number of nitrogens with zero attached hydrogens (tertiary/aromatic N) is 2. The van der Waals surface area contributed by atoms with Gasteiger partial charge in [0.05, 0.1) is 17.9 Å². The molecule has 0 atom stereocenters. The Morgan fingerprint density at radius 3 is 3.00 bits per heavy atom. The highest BCUT2D eigenvalue weighted by molar-refractivity contribution is 9.10. The zero-order chi connectivity index (χ0) is 14.4. The summed E-state index contributed by atoms with van der Waals surface area (Å²) in [5.74, 6) is 0.617. The fourth-order valence-corrected chi connectivity index (χ4v) is 2.41. The second kappa shape index (κ2) is 7.31. The molecule has 2 aromatic rings. The zero-order valence-electron chi connectivity index (χ0n) is 11.3. The molecule has 0 bridgehead atoms. The van der Waals surface area contributed by atoms with Crippen molar-refractivity contribution in [3.63, 3.8) is 0 Å². The molecule has 0 aliphatic carbocycles. The van der Waals surface area contributed by atoms with Gasteiger partial charge in [0.2, 0.25) is 0 Å². The van der Waals surface area contributed by atoms with Crippen molar-refractivity contribution in [2.45, 2.75) is 19.5 Å². The maximum absolute atomic E-state index is 9.74. The average molecular weight is 340 g/mol. The number of nitrogens with one attached hydrogen (secondary N) is 1. The number of aromatic hydroxyl groups is 1. The molecule has 0 spiro atoms. The molecule has 108 valence electrons. The fourth-order valence-electron chi connectivity index (χ4n) is 1.92. The van der Waals surface area contributed by atoms with E-state index in [0.29, 0.717) is 10.2 Å². The van der Waals surface area contributed by atoms with E-state index in [9.17, 15) is 5.11 Å². The van der Waals surface area contributed by atoms with E-state index in [1.54, 1.807) is 13.3 Å². The second-order valence-electron chi connectivity index (χ2n) is 4.46. The number of phenolic OH excluding ortho intramolecular Hbond substituents is 1. The number of ether oxygens (including phenoxy) is 1. The highest BCUT2D eigenvalue weighted by Crippen LogP contribution is 2.35. The van der Waals surface area contributed by atoms with Gasteiger partial charge in [0.1, 0.15) is 0 Å². The van der Waals surface area contributed by atoms with Crippen molar-refractivity contribution in [1.82, 2.24) is 14.9 Å². The molecule has 0 amide bonds. The van der Waals surface area contributed by atoms with Gasteiger partial charge < -0.3 is 19.7 Å². The topological polar surface area (TPSA) is 59.3 Å². The van der Waals surface area contributed by atoms with Crippen LogP contribution in [0.4, 0.5) is 0 Å². The van der Waals surface area contributed by atoms with Gasteiger partial charge in [-0.1, -0.05) is 0 Å². The summed E-state index contributed by atoms with van der Waals surface area (Å²) in [6.07, 6.45) is 6.60. The monoisotopic (exact) mass is 339 g/mol. The summed E-state index contributed by atoms with van der Waals surface area (Å²) >= 11 is 3.32. The number of aryl methyl sites for hydroxylation is 1. The number of imidazole rings is 1. The van der Waals surface area contributed by atoms with Gasteiger partial charge in [-0.05, 0) is 46.6 Å². The minimum absolute atomic E-state index is 0.136. The van der Waals surface area contributed by atoms with Crippen molar-refractivity contribution >= 4 is 15.9 Å². The van der Waals surface area contributed by atoms with E-state index in [2.05, 4.69) is 30.8 Å². The molecule has 1 aromatic carbocycles. The normalized spacial score (nSPS) is 10.7. The van der Waals surface area contributed by atoms with Crippen LogP contribution in [-0.2, 0) is 13.1 Å². The van der Waals surface area contributed by atoms with Gasteiger partial charge in [-0.25, -0.2) is 4.98 Å².